The van der Waals surface area contributed by atoms with Crippen molar-refractivity contribution in [2.75, 3.05) is 11.4 Å². The van der Waals surface area contributed by atoms with E-state index in [0.717, 1.165) is 18.5 Å². The molecule has 0 radical (unpaired) electrons. The van der Waals surface area contributed by atoms with Crippen LogP contribution in [-0.2, 0) is 9.59 Å². The second-order valence-corrected chi connectivity index (χ2v) is 4.81. The maximum absolute atomic E-state index is 12.3. The quantitative estimate of drug-likeness (QED) is 0.452. The topological polar surface area (TPSA) is 84.7 Å². The molecule has 1 aliphatic carbocycles. The number of benzene rings is 1. The minimum atomic E-state index is -0.761. The van der Waals surface area contributed by atoms with Gasteiger partial charge < -0.3 is 9.64 Å². The van der Waals surface area contributed by atoms with E-state index in [1.54, 1.807) is 17.0 Å². The summed E-state index contributed by atoms with van der Waals surface area (Å²) in [6, 6.07) is 7.23. The SMILES string of the molecule is NNC(=O)C1CN(C(=O)C2CC2)c2ccccc2O1. The largest absolute Gasteiger partial charge is 0.476 e. The number of carbonyl (C=O) groups is 2. The van der Waals surface area contributed by atoms with E-state index < -0.39 is 12.0 Å². The standard InChI is InChI=1S/C13H15N3O3/c14-15-12(17)11-7-16(13(18)8-5-6-8)9-3-1-2-4-10(9)19-11/h1-4,8,11H,5-7,14H2,(H,15,17). The number of hydrazine groups is 1. The van der Waals surface area contributed by atoms with Crippen molar-refractivity contribution in [3.05, 3.63) is 24.3 Å². The first-order valence-corrected chi connectivity index (χ1v) is 6.28. The van der Waals surface area contributed by atoms with E-state index >= 15 is 0 Å². The zero-order chi connectivity index (χ0) is 13.4. The van der Waals surface area contributed by atoms with Crippen LogP contribution < -0.4 is 20.9 Å². The molecule has 0 aromatic heterocycles. The Kier molecular flexibility index (Phi) is 2.87. The van der Waals surface area contributed by atoms with Crippen LogP contribution in [0.15, 0.2) is 24.3 Å². The van der Waals surface area contributed by atoms with Crippen molar-refractivity contribution in [3.63, 3.8) is 0 Å². The van der Waals surface area contributed by atoms with Gasteiger partial charge in [0.1, 0.15) is 5.75 Å². The van der Waals surface area contributed by atoms with Gasteiger partial charge in [-0.2, -0.15) is 0 Å². The van der Waals surface area contributed by atoms with Gasteiger partial charge in [-0.3, -0.25) is 15.0 Å². The van der Waals surface area contributed by atoms with E-state index in [1.807, 2.05) is 12.1 Å². The molecule has 1 aliphatic heterocycles. The van der Waals surface area contributed by atoms with E-state index in [-0.39, 0.29) is 18.4 Å². The number of anilines is 1. The zero-order valence-electron chi connectivity index (χ0n) is 10.3. The molecule has 1 saturated carbocycles. The molecule has 3 rings (SSSR count). The molecule has 0 saturated heterocycles. The lowest BCUT2D eigenvalue weighted by atomic mass is 10.1. The van der Waals surface area contributed by atoms with Gasteiger partial charge in [0.05, 0.1) is 12.2 Å². The maximum atomic E-state index is 12.3. The highest BCUT2D eigenvalue weighted by Crippen LogP contribution is 2.38. The number of ether oxygens (including phenoxy) is 1. The van der Waals surface area contributed by atoms with Gasteiger partial charge in [0.15, 0.2) is 6.10 Å². The van der Waals surface area contributed by atoms with Crippen LogP contribution in [0.2, 0.25) is 0 Å². The van der Waals surface area contributed by atoms with Crippen molar-refractivity contribution >= 4 is 17.5 Å². The van der Waals surface area contributed by atoms with Gasteiger partial charge in [-0.1, -0.05) is 12.1 Å². The van der Waals surface area contributed by atoms with Crippen LogP contribution in [0.1, 0.15) is 12.8 Å². The molecule has 0 bridgehead atoms. The average Bonchev–Trinajstić information content (AvgIpc) is 3.29. The number of nitrogens with one attached hydrogen (secondary N) is 1. The van der Waals surface area contributed by atoms with E-state index in [2.05, 4.69) is 5.43 Å². The van der Waals surface area contributed by atoms with Gasteiger partial charge in [0.2, 0.25) is 5.91 Å². The summed E-state index contributed by atoms with van der Waals surface area (Å²) in [5.41, 5.74) is 2.79. The third kappa shape index (κ3) is 2.15. The number of nitrogens with two attached hydrogens (primary N) is 1. The Balaban J connectivity index is 1.93. The molecule has 19 heavy (non-hydrogen) atoms. The molecule has 1 fully saturated rings. The summed E-state index contributed by atoms with van der Waals surface area (Å²) in [4.78, 5) is 25.6. The molecule has 1 aromatic rings. The molecule has 1 heterocycles. The predicted octanol–water partition coefficient (Wildman–Crippen LogP) is 0.181. The highest BCUT2D eigenvalue weighted by molar-refractivity contribution is 5.99. The van der Waals surface area contributed by atoms with Crippen molar-refractivity contribution in [2.45, 2.75) is 18.9 Å². The maximum Gasteiger partial charge on any atom is 0.276 e. The predicted molar refractivity (Wildman–Crippen MR) is 68.3 cm³/mol. The number of nitrogens with zero attached hydrogens (tertiary/aromatic N) is 1. The number of hydrogen-bond acceptors (Lipinski definition) is 4. The fourth-order valence-corrected chi connectivity index (χ4v) is 2.22. The highest BCUT2D eigenvalue weighted by atomic mass is 16.5. The van der Waals surface area contributed by atoms with E-state index in [1.165, 1.54) is 0 Å². The number of para-hydroxylation sites is 2. The number of hydrogen-bond donors (Lipinski definition) is 2. The molecule has 1 unspecified atom stereocenters. The Labute approximate surface area is 110 Å². The second-order valence-electron chi connectivity index (χ2n) is 4.81. The first kappa shape index (κ1) is 12.0. The molecule has 100 valence electrons. The number of carbonyl (C=O) groups excluding carboxylic acids is 2. The average molecular weight is 261 g/mol. The lowest BCUT2D eigenvalue weighted by molar-refractivity contribution is -0.128. The number of rotatable bonds is 2. The zero-order valence-corrected chi connectivity index (χ0v) is 10.3. The Morgan fingerprint density at radius 2 is 2.05 bits per heavy atom. The third-order valence-electron chi connectivity index (χ3n) is 3.40. The molecule has 6 nitrogen and oxygen atoms in total. The minimum absolute atomic E-state index is 0.0607. The number of fused-ring (bicyclic) bond motifs is 1. The van der Waals surface area contributed by atoms with Gasteiger partial charge in [0.25, 0.3) is 5.91 Å². The lowest BCUT2D eigenvalue weighted by Crippen LogP contribution is -2.52. The van der Waals surface area contributed by atoms with E-state index in [9.17, 15) is 9.59 Å². The second kappa shape index (κ2) is 4.55. The van der Waals surface area contributed by atoms with Gasteiger partial charge in [0, 0.05) is 5.92 Å². The Bertz CT molecular complexity index is 528. The van der Waals surface area contributed by atoms with Crippen LogP contribution in [0, 0.1) is 5.92 Å². The first-order valence-electron chi connectivity index (χ1n) is 6.28. The van der Waals surface area contributed by atoms with Crippen LogP contribution >= 0.6 is 0 Å². The summed E-state index contributed by atoms with van der Waals surface area (Å²) >= 11 is 0. The molecule has 2 amide bonds. The van der Waals surface area contributed by atoms with Gasteiger partial charge in [-0.05, 0) is 25.0 Å². The van der Waals surface area contributed by atoms with Crippen molar-refractivity contribution < 1.29 is 14.3 Å². The number of amides is 2. The molecule has 1 atom stereocenters. The Hall–Kier alpha value is -2.08. The van der Waals surface area contributed by atoms with Gasteiger partial charge >= 0.3 is 0 Å². The molecule has 3 N–H and O–H groups in total. The normalized spacial score (nSPS) is 21.3. The van der Waals surface area contributed by atoms with Crippen LogP contribution in [0.25, 0.3) is 0 Å². The minimum Gasteiger partial charge on any atom is -0.476 e. The van der Waals surface area contributed by atoms with Crippen molar-refractivity contribution in [1.29, 1.82) is 0 Å². The summed E-state index contributed by atoms with van der Waals surface area (Å²) in [6.07, 6.45) is 1.08. The molecular weight excluding hydrogens is 246 g/mol. The van der Waals surface area contributed by atoms with Crippen molar-refractivity contribution in [1.82, 2.24) is 5.43 Å². The molecule has 6 heteroatoms. The fourth-order valence-electron chi connectivity index (χ4n) is 2.22. The summed E-state index contributed by atoms with van der Waals surface area (Å²) in [5, 5.41) is 0. The van der Waals surface area contributed by atoms with Crippen LogP contribution in [0.3, 0.4) is 0 Å². The Morgan fingerprint density at radius 1 is 1.32 bits per heavy atom. The smallest absolute Gasteiger partial charge is 0.276 e. The van der Waals surface area contributed by atoms with Crippen LogP contribution in [-0.4, -0.2) is 24.5 Å². The molecule has 2 aliphatic rings. The van der Waals surface area contributed by atoms with E-state index in [4.69, 9.17) is 10.6 Å². The summed E-state index contributed by atoms with van der Waals surface area (Å²) in [7, 11) is 0. The van der Waals surface area contributed by atoms with Crippen molar-refractivity contribution in [3.8, 4) is 5.75 Å². The summed E-state index contributed by atoms with van der Waals surface area (Å²) < 4.78 is 5.58. The van der Waals surface area contributed by atoms with E-state index in [0.29, 0.717) is 5.75 Å². The lowest BCUT2D eigenvalue weighted by Gasteiger charge is -2.34. The molecular formula is C13H15N3O3. The monoisotopic (exact) mass is 261 g/mol. The summed E-state index contributed by atoms with van der Waals surface area (Å²) in [5.74, 6) is 5.40. The summed E-state index contributed by atoms with van der Waals surface area (Å²) in [6.45, 7) is 0.204. The third-order valence-corrected chi connectivity index (χ3v) is 3.40. The van der Waals surface area contributed by atoms with Crippen molar-refractivity contribution in [2.24, 2.45) is 11.8 Å². The van der Waals surface area contributed by atoms with Crippen LogP contribution in [0.4, 0.5) is 5.69 Å². The Morgan fingerprint density at radius 3 is 2.74 bits per heavy atom. The first-order chi connectivity index (χ1) is 9.20. The molecule has 1 aromatic carbocycles. The van der Waals surface area contributed by atoms with Crippen LogP contribution in [0.5, 0.6) is 5.75 Å². The fraction of sp³-hybridized carbons (Fsp3) is 0.385. The van der Waals surface area contributed by atoms with Gasteiger partial charge in [-0.15, -0.1) is 0 Å². The molecule has 0 spiro atoms. The highest BCUT2D eigenvalue weighted by Gasteiger charge is 2.39. The van der Waals surface area contributed by atoms with Gasteiger partial charge in [-0.25, -0.2) is 5.84 Å².